The molecule has 0 aliphatic rings. The smallest absolute Gasteiger partial charge is 0.0988 e. The van der Waals surface area contributed by atoms with Crippen LogP contribution in [-0.2, 0) is 10.8 Å². The summed E-state index contributed by atoms with van der Waals surface area (Å²) in [5, 5.41) is 4.25. The minimum atomic E-state index is 0.0845. The van der Waals surface area contributed by atoms with Crippen LogP contribution >= 0.6 is 22.7 Å². The summed E-state index contributed by atoms with van der Waals surface area (Å²) in [6, 6.07) is 30.7. The van der Waals surface area contributed by atoms with Gasteiger partial charge in [0.2, 0.25) is 0 Å². The van der Waals surface area contributed by atoms with Gasteiger partial charge in [-0.3, -0.25) is 0 Å². The summed E-state index contributed by atoms with van der Waals surface area (Å²) in [5.74, 6) is 0. The second-order valence-electron chi connectivity index (χ2n) is 12.4. The predicted octanol–water partition coefficient (Wildman–Crippen LogP) is 11.0. The second-order valence-corrected chi connectivity index (χ2v) is 14.3. The van der Waals surface area contributed by atoms with Gasteiger partial charge in [0.1, 0.15) is 0 Å². The molecule has 0 fully saturated rings. The Morgan fingerprint density at radius 1 is 0.475 bits per heavy atom. The molecule has 0 N–H and O–H groups in total. The highest BCUT2D eigenvalue weighted by atomic mass is 32.1. The number of benzene rings is 3. The molecule has 6 rings (SSSR count). The Balaban J connectivity index is 1.65. The fourth-order valence-electron chi connectivity index (χ4n) is 5.06. The molecule has 0 atom stereocenters. The SMILES string of the molecule is CC(C)(C)c1ccc(-c2nc3c(-c4cccs4)ccc(-c4cccs4)c3nc2-c2ccc(C(C)(C)C)cc2)cc1. The molecule has 3 aromatic heterocycles. The number of aromatic nitrogens is 2. The monoisotopic (exact) mass is 558 g/mol. The van der Waals surface area contributed by atoms with Gasteiger partial charge < -0.3 is 0 Å². The first-order valence-corrected chi connectivity index (χ1v) is 15.5. The van der Waals surface area contributed by atoms with Crippen LogP contribution in [0.2, 0.25) is 0 Å². The van der Waals surface area contributed by atoms with Crippen LogP contribution < -0.4 is 0 Å². The maximum atomic E-state index is 5.46. The average molecular weight is 559 g/mol. The molecule has 0 amide bonds. The molecule has 0 aliphatic carbocycles. The molecule has 0 saturated heterocycles. The lowest BCUT2D eigenvalue weighted by molar-refractivity contribution is 0.590. The summed E-state index contributed by atoms with van der Waals surface area (Å²) >= 11 is 3.48. The molecule has 40 heavy (non-hydrogen) atoms. The zero-order chi connectivity index (χ0) is 28.1. The van der Waals surface area contributed by atoms with Gasteiger partial charge in [-0.15, -0.1) is 22.7 Å². The van der Waals surface area contributed by atoms with Crippen LogP contribution in [0.4, 0.5) is 0 Å². The van der Waals surface area contributed by atoms with Crippen molar-refractivity contribution in [3.8, 4) is 43.4 Å². The fraction of sp³-hybridized carbons (Fsp3) is 0.222. The Labute approximate surface area is 245 Å². The number of rotatable bonds is 4. The zero-order valence-electron chi connectivity index (χ0n) is 23.9. The van der Waals surface area contributed by atoms with Crippen molar-refractivity contribution in [2.75, 3.05) is 0 Å². The van der Waals surface area contributed by atoms with Crippen molar-refractivity contribution in [1.29, 1.82) is 0 Å². The lowest BCUT2D eigenvalue weighted by Gasteiger charge is -2.20. The Morgan fingerprint density at radius 2 is 0.850 bits per heavy atom. The largest absolute Gasteiger partial charge is 0.243 e. The van der Waals surface area contributed by atoms with Crippen molar-refractivity contribution in [1.82, 2.24) is 9.97 Å². The summed E-state index contributed by atoms with van der Waals surface area (Å²) in [6.45, 7) is 13.5. The van der Waals surface area contributed by atoms with Crippen molar-refractivity contribution in [3.63, 3.8) is 0 Å². The minimum Gasteiger partial charge on any atom is -0.243 e. The van der Waals surface area contributed by atoms with E-state index in [9.17, 15) is 0 Å². The highest BCUT2D eigenvalue weighted by molar-refractivity contribution is 7.14. The Hall–Kier alpha value is -3.60. The third kappa shape index (κ3) is 5.02. The Kier molecular flexibility index (Phi) is 6.72. The molecule has 200 valence electrons. The van der Waals surface area contributed by atoms with Crippen molar-refractivity contribution in [2.45, 2.75) is 52.4 Å². The molecule has 3 aromatic carbocycles. The standard InChI is InChI=1S/C36H34N2S2/c1-35(2,3)25-15-11-23(12-16-25)31-32(24-13-17-26(18-14-24)36(4,5)6)38-34-28(30-10-8-22-40-30)20-19-27(33(34)37-31)29-9-7-21-39-29/h7-22H,1-6H3. The van der Waals surface area contributed by atoms with Gasteiger partial charge in [-0.25, -0.2) is 9.97 Å². The van der Waals surface area contributed by atoms with E-state index >= 15 is 0 Å². The lowest BCUT2D eigenvalue weighted by Crippen LogP contribution is -2.10. The first-order chi connectivity index (χ1) is 19.1. The maximum absolute atomic E-state index is 5.46. The highest BCUT2D eigenvalue weighted by Crippen LogP contribution is 2.41. The van der Waals surface area contributed by atoms with E-state index < -0.39 is 0 Å². The third-order valence-corrected chi connectivity index (χ3v) is 9.25. The molecular weight excluding hydrogens is 525 g/mol. The number of fused-ring (bicyclic) bond motifs is 1. The van der Waals surface area contributed by atoms with E-state index in [4.69, 9.17) is 9.97 Å². The summed E-state index contributed by atoms with van der Waals surface area (Å²) in [6.07, 6.45) is 0. The van der Waals surface area contributed by atoms with Crippen LogP contribution in [0.25, 0.3) is 54.4 Å². The van der Waals surface area contributed by atoms with E-state index in [-0.39, 0.29) is 10.8 Å². The lowest BCUT2D eigenvalue weighted by atomic mass is 9.85. The number of nitrogens with zero attached hydrogens (tertiary/aromatic N) is 2. The van der Waals surface area contributed by atoms with Crippen LogP contribution in [0.15, 0.2) is 95.7 Å². The van der Waals surface area contributed by atoms with Crippen LogP contribution in [0, 0.1) is 0 Å². The van der Waals surface area contributed by atoms with E-state index in [2.05, 4.69) is 137 Å². The molecule has 0 saturated carbocycles. The topological polar surface area (TPSA) is 25.8 Å². The molecule has 3 heterocycles. The maximum Gasteiger partial charge on any atom is 0.0988 e. The fourth-order valence-corrected chi connectivity index (χ4v) is 6.56. The predicted molar refractivity (Wildman–Crippen MR) is 174 cm³/mol. The van der Waals surface area contributed by atoms with Gasteiger partial charge in [-0.05, 0) is 44.8 Å². The van der Waals surface area contributed by atoms with Gasteiger partial charge in [-0.2, -0.15) is 0 Å². The van der Waals surface area contributed by atoms with E-state index in [1.807, 2.05) is 0 Å². The van der Waals surface area contributed by atoms with Crippen LogP contribution in [0.5, 0.6) is 0 Å². The molecule has 0 radical (unpaired) electrons. The minimum absolute atomic E-state index is 0.0845. The molecule has 0 unspecified atom stereocenters. The van der Waals surface area contributed by atoms with Gasteiger partial charge in [0.25, 0.3) is 0 Å². The number of thiophene rings is 2. The van der Waals surface area contributed by atoms with Gasteiger partial charge in [0.15, 0.2) is 0 Å². The molecule has 6 aromatic rings. The van der Waals surface area contributed by atoms with Crippen molar-refractivity contribution >= 4 is 33.7 Å². The molecule has 2 nitrogen and oxygen atoms in total. The van der Waals surface area contributed by atoms with Crippen LogP contribution in [-0.4, -0.2) is 9.97 Å². The van der Waals surface area contributed by atoms with Crippen molar-refractivity contribution < 1.29 is 0 Å². The quantitative estimate of drug-likeness (QED) is 0.215. The van der Waals surface area contributed by atoms with E-state index in [1.54, 1.807) is 22.7 Å². The summed E-state index contributed by atoms with van der Waals surface area (Å²) in [4.78, 5) is 13.3. The molecule has 0 aliphatic heterocycles. The average Bonchev–Trinajstić information content (AvgIpc) is 3.66. The van der Waals surface area contributed by atoms with Crippen LogP contribution in [0.3, 0.4) is 0 Å². The summed E-state index contributed by atoms with van der Waals surface area (Å²) in [7, 11) is 0. The van der Waals surface area contributed by atoms with E-state index in [0.717, 1.165) is 44.7 Å². The third-order valence-electron chi connectivity index (χ3n) is 7.44. The molecule has 0 spiro atoms. The normalized spacial score (nSPS) is 12.2. The van der Waals surface area contributed by atoms with Gasteiger partial charge >= 0.3 is 0 Å². The van der Waals surface area contributed by atoms with Crippen molar-refractivity contribution in [2.24, 2.45) is 0 Å². The van der Waals surface area contributed by atoms with Gasteiger partial charge in [0.05, 0.1) is 22.4 Å². The molecular formula is C36H34N2S2. The molecule has 0 bridgehead atoms. The summed E-state index contributed by atoms with van der Waals surface area (Å²) < 4.78 is 0. The number of hydrogen-bond acceptors (Lipinski definition) is 4. The Bertz CT molecular complexity index is 1630. The second kappa shape index (κ2) is 10.1. The highest BCUT2D eigenvalue weighted by Gasteiger charge is 2.21. The van der Waals surface area contributed by atoms with Crippen LogP contribution in [0.1, 0.15) is 52.7 Å². The van der Waals surface area contributed by atoms with E-state index in [1.165, 1.54) is 20.9 Å². The van der Waals surface area contributed by atoms with Crippen molar-refractivity contribution in [3.05, 3.63) is 107 Å². The zero-order valence-corrected chi connectivity index (χ0v) is 25.6. The molecule has 4 heteroatoms. The summed E-state index contributed by atoms with van der Waals surface area (Å²) in [5.41, 5.74) is 10.9. The number of hydrogen-bond donors (Lipinski definition) is 0. The van der Waals surface area contributed by atoms with E-state index in [0.29, 0.717) is 0 Å². The van der Waals surface area contributed by atoms with Gasteiger partial charge in [0, 0.05) is 32.0 Å². The first-order valence-electron chi connectivity index (χ1n) is 13.7. The first kappa shape index (κ1) is 26.6. The Morgan fingerprint density at radius 3 is 1.15 bits per heavy atom. The van der Waals surface area contributed by atoms with Gasteiger partial charge in [-0.1, -0.05) is 114 Å².